The Morgan fingerprint density at radius 2 is 1.79 bits per heavy atom. The molecule has 0 unspecified atom stereocenters. The molecule has 0 aliphatic carbocycles. The molecule has 0 rings (SSSR count). The highest BCUT2D eigenvalue weighted by molar-refractivity contribution is 5.45. The van der Waals surface area contributed by atoms with E-state index in [4.69, 9.17) is 0 Å². The van der Waals surface area contributed by atoms with E-state index < -0.39 is 0 Å². The maximum absolute atomic E-state index is 4.01. The molecule has 0 bridgehead atoms. The molecule has 0 spiro atoms. The van der Waals surface area contributed by atoms with Crippen LogP contribution in [-0.2, 0) is 0 Å². The molecular formula is C12H22N2. The minimum atomic E-state index is 1.08. The van der Waals surface area contributed by atoms with Crippen LogP contribution in [0.25, 0.3) is 0 Å². The topological polar surface area (TPSA) is 15.3 Å². The predicted molar refractivity (Wildman–Crippen MR) is 64.0 cm³/mol. The van der Waals surface area contributed by atoms with Crippen molar-refractivity contribution in [2.45, 2.75) is 20.8 Å². The van der Waals surface area contributed by atoms with Crippen molar-refractivity contribution in [3.63, 3.8) is 0 Å². The molecule has 2 heteroatoms. The van der Waals surface area contributed by atoms with Crippen molar-refractivity contribution < 1.29 is 0 Å². The van der Waals surface area contributed by atoms with E-state index in [1.807, 2.05) is 35.0 Å². The first-order valence-electron chi connectivity index (χ1n) is 4.84. The zero-order valence-corrected chi connectivity index (χ0v) is 10.2. The first kappa shape index (κ1) is 12.8. The third-order valence-corrected chi connectivity index (χ3v) is 2.19. The minimum Gasteiger partial charge on any atom is -0.391 e. The minimum absolute atomic E-state index is 1.08. The van der Waals surface area contributed by atoms with Gasteiger partial charge in [-0.2, -0.15) is 0 Å². The van der Waals surface area contributed by atoms with Crippen molar-refractivity contribution in [1.82, 2.24) is 10.2 Å². The number of nitrogens with one attached hydrogen (secondary N) is 1. The van der Waals surface area contributed by atoms with E-state index in [1.54, 1.807) is 0 Å². The van der Waals surface area contributed by atoms with Crippen molar-refractivity contribution in [3.05, 3.63) is 35.2 Å². The summed E-state index contributed by atoms with van der Waals surface area (Å²) in [6.45, 7) is 10.2. The summed E-state index contributed by atoms with van der Waals surface area (Å²) in [7, 11) is 6.02. The van der Waals surface area contributed by atoms with Crippen LogP contribution in [0.2, 0.25) is 0 Å². The first-order valence-corrected chi connectivity index (χ1v) is 4.84. The van der Waals surface area contributed by atoms with Gasteiger partial charge in [-0.3, -0.25) is 0 Å². The Labute approximate surface area is 88.0 Å². The Bertz CT molecular complexity index is 270. The van der Waals surface area contributed by atoms with Crippen molar-refractivity contribution in [2.24, 2.45) is 0 Å². The zero-order chi connectivity index (χ0) is 11.3. The molecule has 0 aromatic carbocycles. The molecule has 80 valence electrons. The largest absolute Gasteiger partial charge is 0.391 e. The molecule has 0 saturated heterocycles. The van der Waals surface area contributed by atoms with Gasteiger partial charge in [-0.05, 0) is 26.3 Å². The molecule has 0 aromatic heterocycles. The number of allylic oxidation sites excluding steroid dienone is 3. The van der Waals surface area contributed by atoms with E-state index >= 15 is 0 Å². The van der Waals surface area contributed by atoms with Gasteiger partial charge in [0.05, 0.1) is 0 Å². The van der Waals surface area contributed by atoms with Gasteiger partial charge in [0.15, 0.2) is 0 Å². The van der Waals surface area contributed by atoms with Crippen LogP contribution in [0, 0.1) is 0 Å². The quantitative estimate of drug-likeness (QED) is 0.692. The van der Waals surface area contributed by atoms with Gasteiger partial charge in [0.2, 0.25) is 0 Å². The van der Waals surface area contributed by atoms with Crippen molar-refractivity contribution in [1.29, 1.82) is 0 Å². The Balaban J connectivity index is 5.33. The predicted octanol–water partition coefficient (Wildman–Crippen LogP) is 2.52. The SMILES string of the molecule is C=C(C)C(/C(=C\C)N(C)C)=C(/C)NC. The van der Waals surface area contributed by atoms with Crippen LogP contribution in [-0.4, -0.2) is 26.0 Å². The molecule has 0 aliphatic heterocycles. The van der Waals surface area contributed by atoms with Crippen LogP contribution in [0.15, 0.2) is 35.2 Å². The van der Waals surface area contributed by atoms with Crippen LogP contribution >= 0.6 is 0 Å². The Kier molecular flexibility index (Phi) is 5.06. The van der Waals surface area contributed by atoms with Gasteiger partial charge in [0.25, 0.3) is 0 Å². The molecule has 0 fully saturated rings. The van der Waals surface area contributed by atoms with Gasteiger partial charge in [-0.15, -0.1) is 0 Å². The summed E-state index contributed by atoms with van der Waals surface area (Å²) >= 11 is 0. The summed E-state index contributed by atoms with van der Waals surface area (Å²) < 4.78 is 0. The smallest absolute Gasteiger partial charge is 0.0411 e. The molecule has 0 aliphatic rings. The fraction of sp³-hybridized carbons (Fsp3) is 0.500. The van der Waals surface area contributed by atoms with Gasteiger partial charge >= 0.3 is 0 Å². The van der Waals surface area contributed by atoms with E-state index in [0.29, 0.717) is 0 Å². The monoisotopic (exact) mass is 194 g/mol. The Morgan fingerprint density at radius 1 is 1.29 bits per heavy atom. The number of hydrogen-bond donors (Lipinski definition) is 1. The van der Waals surface area contributed by atoms with Crippen molar-refractivity contribution >= 4 is 0 Å². The van der Waals surface area contributed by atoms with Crippen molar-refractivity contribution in [3.8, 4) is 0 Å². The molecule has 2 nitrogen and oxygen atoms in total. The van der Waals surface area contributed by atoms with E-state index in [9.17, 15) is 0 Å². The Morgan fingerprint density at radius 3 is 2.00 bits per heavy atom. The molecule has 0 heterocycles. The molecular weight excluding hydrogens is 172 g/mol. The summed E-state index contributed by atoms with van der Waals surface area (Å²) in [6.07, 6.45) is 2.10. The fourth-order valence-corrected chi connectivity index (χ4v) is 1.48. The fourth-order valence-electron chi connectivity index (χ4n) is 1.48. The van der Waals surface area contributed by atoms with Crippen LogP contribution in [0.4, 0.5) is 0 Å². The maximum atomic E-state index is 4.01. The molecule has 0 radical (unpaired) electrons. The van der Waals surface area contributed by atoms with Gasteiger partial charge in [0, 0.05) is 38.1 Å². The van der Waals surface area contributed by atoms with Crippen LogP contribution in [0.3, 0.4) is 0 Å². The highest BCUT2D eigenvalue weighted by Crippen LogP contribution is 2.22. The summed E-state index contributed by atoms with van der Waals surface area (Å²) in [5.41, 5.74) is 4.63. The summed E-state index contributed by atoms with van der Waals surface area (Å²) in [6, 6.07) is 0. The second-order valence-electron chi connectivity index (χ2n) is 3.60. The molecule has 0 saturated carbocycles. The highest BCUT2D eigenvalue weighted by Gasteiger charge is 2.10. The van der Waals surface area contributed by atoms with Crippen LogP contribution in [0.1, 0.15) is 20.8 Å². The number of rotatable bonds is 4. The van der Waals surface area contributed by atoms with Crippen LogP contribution < -0.4 is 5.32 Å². The molecule has 0 atom stereocenters. The lowest BCUT2D eigenvalue weighted by molar-refractivity contribution is 0.519. The molecule has 1 N–H and O–H groups in total. The number of nitrogens with zero attached hydrogens (tertiary/aromatic N) is 1. The third-order valence-electron chi connectivity index (χ3n) is 2.19. The molecule has 14 heavy (non-hydrogen) atoms. The van der Waals surface area contributed by atoms with Gasteiger partial charge in [-0.25, -0.2) is 0 Å². The summed E-state index contributed by atoms with van der Waals surface area (Å²) in [5.74, 6) is 0. The summed E-state index contributed by atoms with van der Waals surface area (Å²) in [5, 5.41) is 3.17. The summed E-state index contributed by atoms with van der Waals surface area (Å²) in [4.78, 5) is 2.10. The molecule has 0 amide bonds. The maximum Gasteiger partial charge on any atom is 0.0411 e. The van der Waals surface area contributed by atoms with E-state index in [-0.39, 0.29) is 0 Å². The lowest BCUT2D eigenvalue weighted by Gasteiger charge is -2.22. The average Bonchev–Trinajstić information content (AvgIpc) is 2.11. The number of likely N-dealkylation sites (N-methyl/N-ethyl adjacent to an activating group) is 1. The van der Waals surface area contributed by atoms with Crippen molar-refractivity contribution in [2.75, 3.05) is 21.1 Å². The lowest BCUT2D eigenvalue weighted by atomic mass is 10.0. The molecule has 0 aromatic rings. The van der Waals surface area contributed by atoms with Gasteiger partial charge < -0.3 is 10.2 Å². The van der Waals surface area contributed by atoms with Gasteiger partial charge in [-0.1, -0.05) is 12.7 Å². The third kappa shape index (κ3) is 2.95. The van der Waals surface area contributed by atoms with Crippen LogP contribution in [0.5, 0.6) is 0 Å². The highest BCUT2D eigenvalue weighted by atomic mass is 15.1. The van der Waals surface area contributed by atoms with E-state index in [2.05, 4.69) is 29.8 Å². The first-order chi connectivity index (χ1) is 6.45. The second kappa shape index (κ2) is 5.53. The second-order valence-corrected chi connectivity index (χ2v) is 3.60. The van der Waals surface area contributed by atoms with E-state index in [0.717, 1.165) is 11.3 Å². The normalized spacial score (nSPS) is 13.4. The number of hydrogen-bond acceptors (Lipinski definition) is 2. The lowest BCUT2D eigenvalue weighted by Crippen LogP contribution is -2.17. The standard InChI is InChI=1S/C12H22N2/c1-8-11(14(6)7)12(9(2)3)10(4)13-5/h8,13H,2H2,1,3-7H3/b11-8+,12-10+. The Hall–Kier alpha value is -1.18. The van der Waals surface area contributed by atoms with E-state index in [1.165, 1.54) is 11.3 Å². The average molecular weight is 194 g/mol. The van der Waals surface area contributed by atoms with Gasteiger partial charge in [0.1, 0.15) is 0 Å². The zero-order valence-electron chi connectivity index (χ0n) is 10.2.